The largest absolute Gasteiger partial charge is 0.497 e. The molecule has 2 aliphatic rings. The van der Waals surface area contributed by atoms with Gasteiger partial charge in [-0.15, -0.1) is 0 Å². The lowest BCUT2D eigenvalue weighted by Crippen LogP contribution is -2.49. The lowest BCUT2D eigenvalue weighted by atomic mass is 9.95. The number of amides is 2. The van der Waals surface area contributed by atoms with Crippen LogP contribution in [0.2, 0.25) is 0 Å². The van der Waals surface area contributed by atoms with E-state index in [-0.39, 0.29) is 6.04 Å². The molecule has 4 rings (SSSR count). The molecule has 0 saturated carbocycles. The Bertz CT molecular complexity index is 1020. The van der Waals surface area contributed by atoms with Gasteiger partial charge in [-0.2, -0.15) is 0 Å². The van der Waals surface area contributed by atoms with Crippen LogP contribution in [0, 0.1) is 0 Å². The lowest BCUT2D eigenvalue weighted by molar-refractivity contribution is -0.136. The number of carbonyl (C=O) groups excluding carboxylic acids is 2. The summed E-state index contributed by atoms with van der Waals surface area (Å²) in [4.78, 5) is 32.2. The highest BCUT2D eigenvalue weighted by Crippen LogP contribution is 2.31. The van der Waals surface area contributed by atoms with Crippen LogP contribution < -0.4 is 20.3 Å². The van der Waals surface area contributed by atoms with Gasteiger partial charge in [-0.3, -0.25) is 14.5 Å². The fourth-order valence-corrected chi connectivity index (χ4v) is 4.76. The monoisotopic (exact) mass is 465 g/mol. The second kappa shape index (κ2) is 10.9. The van der Waals surface area contributed by atoms with Crippen LogP contribution in [0.5, 0.6) is 5.75 Å². The standard InChI is InChI=1S/C26H35N5O3/c1-29-12-14-31(15-13-29)24(20-9-10-23-19(16-20)6-5-11-30(23)2)18-27-25(32)26(33)28-21-7-4-8-22(17-21)34-3/h4,7-10,16-17,24H,5-6,11-15,18H2,1-3H3,(H,27,32)(H,28,33). The molecule has 8 heteroatoms. The van der Waals surface area contributed by atoms with Crippen molar-refractivity contribution in [1.82, 2.24) is 15.1 Å². The van der Waals surface area contributed by atoms with Crippen LogP contribution in [0.25, 0.3) is 0 Å². The van der Waals surface area contributed by atoms with Gasteiger partial charge in [-0.25, -0.2) is 0 Å². The highest BCUT2D eigenvalue weighted by molar-refractivity contribution is 6.39. The van der Waals surface area contributed by atoms with Gasteiger partial charge in [0, 0.05) is 63.8 Å². The van der Waals surface area contributed by atoms with Crippen molar-refractivity contribution in [3.8, 4) is 5.75 Å². The van der Waals surface area contributed by atoms with Gasteiger partial charge in [0.05, 0.1) is 13.2 Å². The third kappa shape index (κ3) is 5.69. The molecule has 0 bridgehead atoms. The van der Waals surface area contributed by atoms with Crippen molar-refractivity contribution in [3.63, 3.8) is 0 Å². The Hall–Kier alpha value is -3.10. The average molecular weight is 466 g/mol. The van der Waals surface area contributed by atoms with E-state index in [1.54, 1.807) is 31.4 Å². The van der Waals surface area contributed by atoms with E-state index < -0.39 is 11.8 Å². The number of piperazine rings is 1. The number of ether oxygens (including phenoxy) is 1. The number of anilines is 2. The van der Waals surface area contributed by atoms with Crippen LogP contribution in [0.4, 0.5) is 11.4 Å². The molecule has 8 nitrogen and oxygen atoms in total. The van der Waals surface area contributed by atoms with Crippen LogP contribution in [-0.4, -0.2) is 82.1 Å². The fraction of sp³-hybridized carbons (Fsp3) is 0.462. The van der Waals surface area contributed by atoms with Crippen LogP contribution in [0.15, 0.2) is 42.5 Å². The van der Waals surface area contributed by atoms with E-state index >= 15 is 0 Å². The summed E-state index contributed by atoms with van der Waals surface area (Å²) in [6.07, 6.45) is 2.21. The van der Waals surface area contributed by atoms with E-state index in [1.165, 1.54) is 16.8 Å². The molecule has 0 spiro atoms. The fourth-order valence-electron chi connectivity index (χ4n) is 4.76. The molecule has 0 aliphatic carbocycles. The number of likely N-dealkylation sites (N-methyl/N-ethyl adjacent to an activating group) is 1. The van der Waals surface area contributed by atoms with Crippen molar-refractivity contribution in [2.75, 3.05) is 70.7 Å². The van der Waals surface area contributed by atoms with Crippen molar-refractivity contribution in [2.24, 2.45) is 0 Å². The second-order valence-corrected chi connectivity index (χ2v) is 9.16. The molecule has 2 aliphatic heterocycles. The predicted molar refractivity (Wildman–Crippen MR) is 134 cm³/mol. The Kier molecular flexibility index (Phi) is 7.70. The molecule has 34 heavy (non-hydrogen) atoms. The molecule has 2 heterocycles. The zero-order chi connectivity index (χ0) is 24.1. The summed E-state index contributed by atoms with van der Waals surface area (Å²) in [6.45, 7) is 5.26. The predicted octanol–water partition coefficient (Wildman–Crippen LogP) is 2.12. The first-order valence-electron chi connectivity index (χ1n) is 11.9. The topological polar surface area (TPSA) is 77.1 Å². The van der Waals surface area contributed by atoms with Gasteiger partial charge in [0.1, 0.15) is 5.75 Å². The Labute approximate surface area is 201 Å². The second-order valence-electron chi connectivity index (χ2n) is 9.16. The van der Waals surface area contributed by atoms with E-state index in [0.29, 0.717) is 18.0 Å². The summed E-state index contributed by atoms with van der Waals surface area (Å²) in [5, 5.41) is 5.53. The molecule has 182 valence electrons. The van der Waals surface area contributed by atoms with Gasteiger partial charge in [0.25, 0.3) is 0 Å². The lowest BCUT2D eigenvalue weighted by Gasteiger charge is -2.39. The molecule has 0 radical (unpaired) electrons. The van der Waals surface area contributed by atoms with Gasteiger partial charge in [-0.05, 0) is 49.2 Å². The van der Waals surface area contributed by atoms with Gasteiger partial charge in [0.2, 0.25) is 0 Å². The number of carbonyl (C=O) groups is 2. The van der Waals surface area contributed by atoms with Crippen molar-refractivity contribution in [3.05, 3.63) is 53.6 Å². The minimum absolute atomic E-state index is 0.0137. The van der Waals surface area contributed by atoms with Gasteiger partial charge < -0.3 is 25.2 Å². The molecule has 0 aromatic heterocycles. The number of nitrogens with zero attached hydrogens (tertiary/aromatic N) is 3. The number of methoxy groups -OCH3 is 1. The third-order valence-corrected chi connectivity index (χ3v) is 6.81. The van der Waals surface area contributed by atoms with Crippen LogP contribution in [0.3, 0.4) is 0 Å². The summed E-state index contributed by atoms with van der Waals surface area (Å²) in [5.74, 6) is -0.705. The molecule has 2 aromatic carbocycles. The van der Waals surface area contributed by atoms with E-state index in [9.17, 15) is 9.59 Å². The minimum Gasteiger partial charge on any atom is -0.497 e. The molecule has 2 aromatic rings. The number of hydrogen-bond donors (Lipinski definition) is 2. The van der Waals surface area contributed by atoms with Crippen molar-refractivity contribution in [2.45, 2.75) is 18.9 Å². The van der Waals surface area contributed by atoms with E-state index in [4.69, 9.17) is 4.74 Å². The Morgan fingerprint density at radius 2 is 1.79 bits per heavy atom. The number of benzene rings is 2. The highest BCUT2D eigenvalue weighted by atomic mass is 16.5. The first-order valence-corrected chi connectivity index (χ1v) is 11.9. The maximum atomic E-state index is 12.7. The summed E-state index contributed by atoms with van der Waals surface area (Å²) < 4.78 is 5.18. The molecule has 1 saturated heterocycles. The summed E-state index contributed by atoms with van der Waals surface area (Å²) in [6, 6.07) is 13.6. The first kappa shape index (κ1) is 24.0. The maximum Gasteiger partial charge on any atom is 0.313 e. The molecular formula is C26H35N5O3. The number of fused-ring (bicyclic) bond motifs is 1. The van der Waals surface area contributed by atoms with Gasteiger partial charge in [0.15, 0.2) is 0 Å². The molecule has 2 amide bonds. The number of hydrogen-bond acceptors (Lipinski definition) is 6. The van der Waals surface area contributed by atoms with Crippen molar-refractivity contribution < 1.29 is 14.3 Å². The van der Waals surface area contributed by atoms with E-state index in [0.717, 1.165) is 45.6 Å². The summed E-state index contributed by atoms with van der Waals surface area (Å²) in [7, 11) is 5.83. The van der Waals surface area contributed by atoms with Crippen LogP contribution in [-0.2, 0) is 16.0 Å². The first-order chi connectivity index (χ1) is 16.4. The van der Waals surface area contributed by atoms with Gasteiger partial charge in [-0.1, -0.05) is 18.2 Å². The maximum absolute atomic E-state index is 12.7. The van der Waals surface area contributed by atoms with Gasteiger partial charge >= 0.3 is 11.8 Å². The molecule has 1 fully saturated rings. The third-order valence-electron chi connectivity index (χ3n) is 6.81. The smallest absolute Gasteiger partial charge is 0.313 e. The van der Waals surface area contributed by atoms with Crippen molar-refractivity contribution >= 4 is 23.2 Å². The van der Waals surface area contributed by atoms with Crippen LogP contribution in [0.1, 0.15) is 23.6 Å². The highest BCUT2D eigenvalue weighted by Gasteiger charge is 2.27. The molecule has 2 N–H and O–H groups in total. The quantitative estimate of drug-likeness (QED) is 0.637. The van der Waals surface area contributed by atoms with E-state index in [1.807, 2.05) is 0 Å². The normalized spacial score (nSPS) is 17.6. The van der Waals surface area contributed by atoms with Crippen molar-refractivity contribution in [1.29, 1.82) is 0 Å². The SMILES string of the molecule is COc1cccc(NC(=O)C(=O)NCC(c2ccc3c(c2)CCCN3C)N2CCN(C)CC2)c1. The number of rotatable bonds is 6. The summed E-state index contributed by atoms with van der Waals surface area (Å²) in [5.41, 5.74) is 4.35. The molecule has 1 unspecified atom stereocenters. The molecular weight excluding hydrogens is 430 g/mol. The zero-order valence-electron chi connectivity index (χ0n) is 20.3. The minimum atomic E-state index is -0.683. The number of nitrogens with one attached hydrogen (secondary N) is 2. The van der Waals surface area contributed by atoms with E-state index in [2.05, 4.69) is 57.6 Å². The number of aryl methyl sites for hydroxylation is 1. The van der Waals surface area contributed by atoms with Crippen LogP contribution >= 0.6 is 0 Å². The molecule has 1 atom stereocenters. The Morgan fingerprint density at radius 1 is 1.00 bits per heavy atom. The average Bonchev–Trinajstić information content (AvgIpc) is 2.85. The Morgan fingerprint density at radius 3 is 2.56 bits per heavy atom. The summed E-state index contributed by atoms with van der Waals surface area (Å²) >= 11 is 0. The Balaban J connectivity index is 1.46. The zero-order valence-corrected chi connectivity index (χ0v) is 20.3.